The molecule has 0 aliphatic heterocycles. The van der Waals surface area contributed by atoms with E-state index in [4.69, 9.17) is 0 Å². The fourth-order valence-electron chi connectivity index (χ4n) is 0.278. The molecule has 0 aromatic heterocycles. The predicted octanol–water partition coefficient (Wildman–Crippen LogP) is 2.44. The number of hydrogen-bond acceptors (Lipinski definition) is 0. The van der Waals surface area contributed by atoms with Gasteiger partial charge in [-0.3, -0.25) is 0 Å². The molecule has 0 unspecified atom stereocenters. The highest BCUT2D eigenvalue weighted by Crippen LogP contribution is 1.96. The molecule has 0 N–H and O–H groups in total. The third kappa shape index (κ3) is 3.23. The van der Waals surface area contributed by atoms with Gasteiger partial charge in [-0.15, -0.1) is 0 Å². The van der Waals surface area contributed by atoms with Gasteiger partial charge in [0.05, 0.1) is 0 Å². The van der Waals surface area contributed by atoms with E-state index < -0.39 is 0 Å². The Bertz CT molecular complexity index is 82.2. The van der Waals surface area contributed by atoms with Gasteiger partial charge in [-0.25, -0.2) is 4.39 Å². The highest BCUT2D eigenvalue weighted by Gasteiger charge is 1.77. The zero-order valence-electron chi connectivity index (χ0n) is 4.45. The molecule has 0 aliphatic rings. The molecule has 0 nitrogen and oxygen atoms in total. The number of rotatable bonds is 2. The largest absolute Gasteiger partial charge is 0.207 e. The molecule has 0 radical (unpaired) electrons. The normalized spacial score (nSPS) is 11.4. The maximum absolute atomic E-state index is 11.9. The lowest BCUT2D eigenvalue weighted by Crippen LogP contribution is -1.59. The summed E-state index contributed by atoms with van der Waals surface area (Å²) >= 11 is 0. The molecule has 0 amide bonds. The van der Waals surface area contributed by atoms with Crippen LogP contribution in [0.15, 0.2) is 24.6 Å². The Morgan fingerprint density at radius 2 is 2.43 bits per heavy atom. The van der Waals surface area contributed by atoms with Gasteiger partial charge in [0.2, 0.25) is 0 Å². The molecular formula is C6H9F. The topological polar surface area (TPSA) is 0 Å². The third-order valence-electron chi connectivity index (χ3n) is 0.594. The molecule has 0 spiro atoms. The summed E-state index contributed by atoms with van der Waals surface area (Å²) in [6.07, 6.45) is 3.41. The first-order valence-electron chi connectivity index (χ1n) is 2.29. The lowest BCUT2D eigenvalue weighted by Gasteiger charge is -1.78. The molecule has 0 bridgehead atoms. The minimum Gasteiger partial charge on any atom is -0.207 e. The van der Waals surface area contributed by atoms with Crippen LogP contribution in [0.3, 0.4) is 0 Å². The van der Waals surface area contributed by atoms with E-state index in [9.17, 15) is 4.39 Å². The minimum absolute atomic E-state index is 0.234. The van der Waals surface area contributed by atoms with Gasteiger partial charge in [-0.1, -0.05) is 13.5 Å². The van der Waals surface area contributed by atoms with Crippen LogP contribution in [0.4, 0.5) is 4.39 Å². The Morgan fingerprint density at radius 3 is 2.57 bits per heavy atom. The Kier molecular flexibility index (Phi) is 3.29. The Hall–Kier alpha value is -0.590. The first kappa shape index (κ1) is 6.41. The van der Waals surface area contributed by atoms with Gasteiger partial charge in [-0.2, -0.15) is 0 Å². The van der Waals surface area contributed by atoms with Crippen molar-refractivity contribution in [2.75, 3.05) is 0 Å². The maximum atomic E-state index is 11.9. The van der Waals surface area contributed by atoms with Gasteiger partial charge in [-0.05, 0) is 18.6 Å². The van der Waals surface area contributed by atoms with Crippen molar-refractivity contribution in [2.45, 2.75) is 13.3 Å². The molecule has 0 aromatic carbocycles. The quantitative estimate of drug-likeness (QED) is 0.467. The second-order valence-corrected chi connectivity index (χ2v) is 1.20. The van der Waals surface area contributed by atoms with Crippen LogP contribution in [-0.4, -0.2) is 0 Å². The Morgan fingerprint density at radius 1 is 1.86 bits per heavy atom. The molecule has 0 fully saturated rings. The Balaban J connectivity index is 3.49. The van der Waals surface area contributed by atoms with Crippen molar-refractivity contribution in [3.8, 4) is 0 Å². The standard InChI is InChI=1S/C6H9F/c1-3-5-6(7)4-2/h4-5H,2-3H2,1H3/b6-5-. The summed E-state index contributed by atoms with van der Waals surface area (Å²) in [5.74, 6) is -0.234. The summed E-state index contributed by atoms with van der Waals surface area (Å²) in [4.78, 5) is 0. The van der Waals surface area contributed by atoms with Crippen molar-refractivity contribution in [1.29, 1.82) is 0 Å². The first-order valence-corrected chi connectivity index (χ1v) is 2.29. The van der Waals surface area contributed by atoms with E-state index in [0.717, 1.165) is 6.42 Å². The van der Waals surface area contributed by atoms with Crippen LogP contribution in [0.1, 0.15) is 13.3 Å². The van der Waals surface area contributed by atoms with E-state index in [0.29, 0.717) is 0 Å². The molecule has 0 atom stereocenters. The van der Waals surface area contributed by atoms with Gasteiger partial charge in [0.25, 0.3) is 0 Å². The van der Waals surface area contributed by atoms with Gasteiger partial charge in [0.15, 0.2) is 0 Å². The van der Waals surface area contributed by atoms with E-state index >= 15 is 0 Å². The first-order chi connectivity index (χ1) is 3.31. The summed E-state index contributed by atoms with van der Waals surface area (Å²) in [5, 5.41) is 0. The highest BCUT2D eigenvalue weighted by atomic mass is 19.1. The van der Waals surface area contributed by atoms with Crippen molar-refractivity contribution in [1.82, 2.24) is 0 Å². The van der Waals surface area contributed by atoms with Crippen molar-refractivity contribution in [2.24, 2.45) is 0 Å². The molecule has 0 saturated heterocycles. The van der Waals surface area contributed by atoms with E-state index in [-0.39, 0.29) is 5.83 Å². The van der Waals surface area contributed by atoms with E-state index in [1.165, 1.54) is 12.2 Å². The van der Waals surface area contributed by atoms with Crippen LogP contribution in [-0.2, 0) is 0 Å². The predicted molar refractivity (Wildman–Crippen MR) is 29.7 cm³/mol. The summed E-state index contributed by atoms with van der Waals surface area (Å²) < 4.78 is 11.9. The lowest BCUT2D eigenvalue weighted by atomic mass is 10.4. The molecule has 0 aromatic rings. The van der Waals surface area contributed by atoms with Crippen molar-refractivity contribution in [3.63, 3.8) is 0 Å². The fourth-order valence-corrected chi connectivity index (χ4v) is 0.278. The SMILES string of the molecule is C=C/C(F)=C/CC. The zero-order valence-corrected chi connectivity index (χ0v) is 4.45. The second-order valence-electron chi connectivity index (χ2n) is 1.20. The van der Waals surface area contributed by atoms with Gasteiger partial charge in [0, 0.05) is 0 Å². The smallest absolute Gasteiger partial charge is 0.118 e. The van der Waals surface area contributed by atoms with Gasteiger partial charge in [0.1, 0.15) is 5.83 Å². The van der Waals surface area contributed by atoms with Crippen molar-refractivity contribution in [3.05, 3.63) is 24.6 Å². The van der Waals surface area contributed by atoms with Crippen LogP contribution < -0.4 is 0 Å². The summed E-state index contributed by atoms with van der Waals surface area (Å²) in [6.45, 7) is 5.11. The Labute approximate surface area is 43.4 Å². The van der Waals surface area contributed by atoms with Gasteiger partial charge < -0.3 is 0 Å². The molecule has 0 aliphatic carbocycles. The maximum Gasteiger partial charge on any atom is 0.118 e. The van der Waals surface area contributed by atoms with Crippen LogP contribution in [0.2, 0.25) is 0 Å². The molecule has 0 heterocycles. The van der Waals surface area contributed by atoms with Crippen LogP contribution in [0, 0.1) is 0 Å². The minimum atomic E-state index is -0.234. The van der Waals surface area contributed by atoms with E-state index in [1.54, 1.807) is 0 Å². The molecule has 1 heteroatoms. The van der Waals surface area contributed by atoms with Crippen molar-refractivity contribution < 1.29 is 4.39 Å². The molecule has 40 valence electrons. The van der Waals surface area contributed by atoms with Crippen molar-refractivity contribution >= 4 is 0 Å². The zero-order chi connectivity index (χ0) is 5.70. The third-order valence-corrected chi connectivity index (χ3v) is 0.594. The van der Waals surface area contributed by atoms with Crippen LogP contribution in [0.5, 0.6) is 0 Å². The monoisotopic (exact) mass is 100 g/mol. The molecule has 0 rings (SSSR count). The fraction of sp³-hybridized carbons (Fsp3) is 0.333. The van der Waals surface area contributed by atoms with Gasteiger partial charge >= 0.3 is 0 Å². The average molecular weight is 100 g/mol. The van der Waals surface area contributed by atoms with Crippen LogP contribution >= 0.6 is 0 Å². The lowest BCUT2D eigenvalue weighted by molar-refractivity contribution is 0.662. The van der Waals surface area contributed by atoms with E-state index in [2.05, 4.69) is 6.58 Å². The molecular weight excluding hydrogens is 91.1 g/mol. The van der Waals surface area contributed by atoms with E-state index in [1.807, 2.05) is 6.92 Å². The van der Waals surface area contributed by atoms with Crippen LogP contribution in [0.25, 0.3) is 0 Å². The average Bonchev–Trinajstić information content (AvgIpc) is 1.68. The summed E-state index contributed by atoms with van der Waals surface area (Å²) in [6, 6.07) is 0. The summed E-state index contributed by atoms with van der Waals surface area (Å²) in [7, 11) is 0. The number of halogens is 1. The highest BCUT2D eigenvalue weighted by molar-refractivity contribution is 5.06. The number of allylic oxidation sites excluding steroid dienone is 3. The second kappa shape index (κ2) is 3.59. The number of hydrogen-bond donors (Lipinski definition) is 0. The summed E-state index contributed by atoms with van der Waals surface area (Å²) in [5.41, 5.74) is 0. The molecule has 0 saturated carbocycles. The molecule has 7 heavy (non-hydrogen) atoms.